The molecular weight excluding hydrogens is 422 g/mol. The van der Waals surface area contributed by atoms with Crippen LogP contribution in [0.4, 0.5) is 9.59 Å². The van der Waals surface area contributed by atoms with Crippen molar-refractivity contribution in [3.63, 3.8) is 0 Å². The molecule has 0 unspecified atom stereocenters. The largest absolute Gasteiger partial charge is 0.445 e. The third kappa shape index (κ3) is 5.79. The SMILES string of the molecule is CC(C)(C)OC(=O)N1C[C@@H](NC(=O)OCc2ccccc2)C[C@@H](c2nnc3ccccn23)C1. The Kier molecular flexibility index (Phi) is 6.48. The number of nitrogens with one attached hydrogen (secondary N) is 1. The van der Waals surface area contributed by atoms with E-state index in [1.165, 1.54) is 0 Å². The fourth-order valence-corrected chi connectivity index (χ4v) is 3.94. The van der Waals surface area contributed by atoms with Crippen molar-refractivity contribution < 1.29 is 19.1 Å². The molecule has 33 heavy (non-hydrogen) atoms. The van der Waals surface area contributed by atoms with Crippen LogP contribution in [0, 0.1) is 0 Å². The molecule has 0 radical (unpaired) electrons. The second-order valence-electron chi connectivity index (χ2n) is 9.21. The highest BCUT2D eigenvalue weighted by Gasteiger charge is 2.36. The maximum absolute atomic E-state index is 12.9. The van der Waals surface area contributed by atoms with Crippen LogP contribution in [0.1, 0.15) is 44.5 Å². The van der Waals surface area contributed by atoms with Crippen LogP contribution >= 0.6 is 0 Å². The predicted octanol–water partition coefficient (Wildman–Crippen LogP) is 3.75. The molecule has 1 aliphatic rings. The van der Waals surface area contributed by atoms with Gasteiger partial charge in [0.15, 0.2) is 5.65 Å². The molecule has 1 N–H and O–H groups in total. The number of rotatable bonds is 4. The van der Waals surface area contributed by atoms with E-state index in [1.807, 2.05) is 79.9 Å². The van der Waals surface area contributed by atoms with Gasteiger partial charge in [-0.15, -0.1) is 10.2 Å². The van der Waals surface area contributed by atoms with Gasteiger partial charge in [0.05, 0.1) is 6.04 Å². The minimum absolute atomic E-state index is 0.136. The molecule has 1 aromatic carbocycles. The predicted molar refractivity (Wildman–Crippen MR) is 122 cm³/mol. The van der Waals surface area contributed by atoms with E-state index in [9.17, 15) is 9.59 Å². The second-order valence-corrected chi connectivity index (χ2v) is 9.21. The van der Waals surface area contributed by atoms with Gasteiger partial charge < -0.3 is 19.7 Å². The summed E-state index contributed by atoms with van der Waals surface area (Å²) >= 11 is 0. The molecule has 0 bridgehead atoms. The number of hydrogen-bond acceptors (Lipinski definition) is 6. The zero-order chi connectivity index (χ0) is 23.4. The molecule has 174 valence electrons. The zero-order valence-electron chi connectivity index (χ0n) is 19.1. The quantitative estimate of drug-likeness (QED) is 0.649. The number of likely N-dealkylation sites (tertiary alicyclic amines) is 1. The monoisotopic (exact) mass is 451 g/mol. The lowest BCUT2D eigenvalue weighted by Gasteiger charge is -2.37. The van der Waals surface area contributed by atoms with Crippen molar-refractivity contribution in [1.82, 2.24) is 24.8 Å². The Hall–Kier alpha value is -3.62. The zero-order valence-corrected chi connectivity index (χ0v) is 19.1. The van der Waals surface area contributed by atoms with E-state index < -0.39 is 17.8 Å². The highest BCUT2D eigenvalue weighted by Crippen LogP contribution is 2.27. The van der Waals surface area contributed by atoms with Crippen molar-refractivity contribution in [3.05, 3.63) is 66.1 Å². The number of hydrogen-bond donors (Lipinski definition) is 1. The van der Waals surface area contributed by atoms with Gasteiger partial charge in [-0.3, -0.25) is 4.40 Å². The Bertz CT molecular complexity index is 1110. The third-order valence-electron chi connectivity index (χ3n) is 5.34. The van der Waals surface area contributed by atoms with E-state index in [2.05, 4.69) is 15.5 Å². The van der Waals surface area contributed by atoms with E-state index in [1.54, 1.807) is 4.90 Å². The first-order valence-corrected chi connectivity index (χ1v) is 11.0. The molecule has 3 heterocycles. The van der Waals surface area contributed by atoms with Gasteiger partial charge in [-0.25, -0.2) is 9.59 Å². The summed E-state index contributed by atoms with van der Waals surface area (Å²) in [5, 5.41) is 11.5. The van der Waals surface area contributed by atoms with Gasteiger partial charge in [-0.05, 0) is 44.9 Å². The van der Waals surface area contributed by atoms with Crippen LogP contribution < -0.4 is 5.32 Å². The Morgan fingerprint density at radius 1 is 1.06 bits per heavy atom. The van der Waals surface area contributed by atoms with Crippen LogP contribution in [0.2, 0.25) is 0 Å². The molecule has 0 spiro atoms. The summed E-state index contributed by atoms with van der Waals surface area (Å²) in [5.41, 5.74) is 1.01. The number of fused-ring (bicyclic) bond motifs is 1. The highest BCUT2D eigenvalue weighted by molar-refractivity contribution is 5.70. The summed E-state index contributed by atoms with van der Waals surface area (Å²) in [6.07, 6.45) is 1.54. The van der Waals surface area contributed by atoms with Gasteiger partial charge in [0, 0.05) is 25.2 Å². The van der Waals surface area contributed by atoms with Crippen LogP contribution in [-0.2, 0) is 16.1 Å². The van der Waals surface area contributed by atoms with Crippen molar-refractivity contribution in [2.75, 3.05) is 13.1 Å². The van der Waals surface area contributed by atoms with Crippen molar-refractivity contribution in [1.29, 1.82) is 0 Å². The maximum Gasteiger partial charge on any atom is 0.410 e. The number of pyridine rings is 1. The summed E-state index contributed by atoms with van der Waals surface area (Å²) in [6.45, 7) is 6.40. The average Bonchev–Trinajstić information content (AvgIpc) is 3.21. The van der Waals surface area contributed by atoms with Crippen LogP contribution in [0.5, 0.6) is 0 Å². The van der Waals surface area contributed by atoms with Crippen LogP contribution in [0.3, 0.4) is 0 Å². The van der Waals surface area contributed by atoms with Gasteiger partial charge in [-0.2, -0.15) is 0 Å². The standard InChI is InChI=1S/C24H29N5O4/c1-24(2,3)33-23(31)28-14-18(21-27-26-20-11-7-8-12-29(20)21)13-19(15-28)25-22(30)32-16-17-9-5-4-6-10-17/h4-12,18-19H,13-16H2,1-3H3,(H,25,30)/t18-,19+/m1/s1. The number of amides is 2. The number of nitrogens with zero attached hydrogens (tertiary/aromatic N) is 4. The van der Waals surface area contributed by atoms with E-state index >= 15 is 0 Å². The second kappa shape index (κ2) is 9.48. The molecular formula is C24H29N5O4. The molecule has 9 nitrogen and oxygen atoms in total. The first-order valence-electron chi connectivity index (χ1n) is 11.0. The molecule has 2 atom stereocenters. The lowest BCUT2D eigenvalue weighted by Crippen LogP contribution is -2.53. The Balaban J connectivity index is 1.49. The molecule has 1 aliphatic heterocycles. The van der Waals surface area contributed by atoms with Gasteiger partial charge >= 0.3 is 12.2 Å². The van der Waals surface area contributed by atoms with E-state index in [4.69, 9.17) is 9.47 Å². The van der Waals surface area contributed by atoms with Gasteiger partial charge in [-0.1, -0.05) is 36.4 Å². The number of alkyl carbamates (subject to hydrolysis) is 1. The summed E-state index contributed by atoms with van der Waals surface area (Å²) < 4.78 is 12.9. The molecule has 2 aromatic heterocycles. The fourth-order valence-electron chi connectivity index (χ4n) is 3.94. The number of benzene rings is 1. The molecule has 2 amide bonds. The number of aromatic nitrogens is 3. The first-order chi connectivity index (χ1) is 15.8. The summed E-state index contributed by atoms with van der Waals surface area (Å²) in [5.74, 6) is 0.603. The molecule has 3 aromatic rings. The molecule has 1 fully saturated rings. The third-order valence-corrected chi connectivity index (χ3v) is 5.34. The maximum atomic E-state index is 12.9. The van der Waals surface area contributed by atoms with Gasteiger partial charge in [0.1, 0.15) is 18.0 Å². The minimum Gasteiger partial charge on any atom is -0.445 e. The van der Waals surface area contributed by atoms with Crippen LogP contribution in [0.15, 0.2) is 54.7 Å². The van der Waals surface area contributed by atoms with Crippen molar-refractivity contribution in [3.8, 4) is 0 Å². The number of ether oxygens (including phenoxy) is 2. The highest BCUT2D eigenvalue weighted by atomic mass is 16.6. The van der Waals surface area contributed by atoms with Gasteiger partial charge in [0.25, 0.3) is 0 Å². The van der Waals surface area contributed by atoms with Crippen molar-refractivity contribution >= 4 is 17.8 Å². The van der Waals surface area contributed by atoms with E-state index in [0.29, 0.717) is 19.5 Å². The summed E-state index contributed by atoms with van der Waals surface area (Å²) in [6, 6.07) is 14.8. The number of carbonyl (C=O) groups excluding carboxylic acids is 2. The van der Waals surface area contributed by atoms with Crippen molar-refractivity contribution in [2.45, 2.75) is 51.4 Å². The molecule has 0 saturated carbocycles. The van der Waals surface area contributed by atoms with E-state index in [-0.39, 0.29) is 18.6 Å². The minimum atomic E-state index is -0.622. The molecule has 1 saturated heterocycles. The fraction of sp³-hybridized carbons (Fsp3) is 0.417. The molecule has 4 rings (SSSR count). The Morgan fingerprint density at radius 3 is 2.58 bits per heavy atom. The smallest absolute Gasteiger partial charge is 0.410 e. The van der Waals surface area contributed by atoms with Crippen LogP contribution in [0.25, 0.3) is 5.65 Å². The van der Waals surface area contributed by atoms with Gasteiger partial charge in [0.2, 0.25) is 0 Å². The normalized spacial score (nSPS) is 18.7. The van der Waals surface area contributed by atoms with Crippen LogP contribution in [-0.4, -0.2) is 56.4 Å². The molecule has 0 aliphatic carbocycles. The van der Waals surface area contributed by atoms with E-state index in [0.717, 1.165) is 17.0 Å². The van der Waals surface area contributed by atoms with Crippen molar-refractivity contribution in [2.24, 2.45) is 0 Å². The molecule has 9 heteroatoms. The Morgan fingerprint density at radius 2 is 1.82 bits per heavy atom. The number of piperidine rings is 1. The lowest BCUT2D eigenvalue weighted by molar-refractivity contribution is 0.0159. The lowest BCUT2D eigenvalue weighted by atomic mass is 9.93. The summed E-state index contributed by atoms with van der Waals surface area (Å²) in [4.78, 5) is 27.0. The number of carbonyl (C=O) groups is 2. The summed E-state index contributed by atoms with van der Waals surface area (Å²) in [7, 11) is 0. The first kappa shape index (κ1) is 22.6. The Labute approximate surface area is 192 Å². The topological polar surface area (TPSA) is 98.1 Å². The average molecular weight is 452 g/mol.